The molecule has 6 nitrogen and oxygen atoms in total. The number of unbranched alkanes of at least 4 members (excludes halogenated alkanes) is 22. The highest BCUT2D eigenvalue weighted by Crippen LogP contribution is 2.13. The Morgan fingerprint density at radius 2 is 0.738 bits per heavy atom. The summed E-state index contributed by atoms with van der Waals surface area (Å²) in [6.07, 6.45) is 63.0. The molecule has 61 heavy (non-hydrogen) atoms. The molecule has 0 radical (unpaired) electrons. The minimum atomic E-state index is -0.820. The van der Waals surface area contributed by atoms with Gasteiger partial charge >= 0.3 is 17.9 Å². The molecule has 0 heterocycles. The first kappa shape index (κ1) is 57.6. The number of allylic oxidation sites excluding steroid dienone is 14. The molecule has 348 valence electrons. The summed E-state index contributed by atoms with van der Waals surface area (Å²) in [5.41, 5.74) is 0. The van der Waals surface area contributed by atoms with E-state index >= 15 is 0 Å². The molecule has 0 aromatic carbocycles. The van der Waals surface area contributed by atoms with Crippen molar-refractivity contribution in [1.82, 2.24) is 0 Å². The van der Waals surface area contributed by atoms with Crippen LogP contribution in [0.4, 0.5) is 0 Å². The topological polar surface area (TPSA) is 78.9 Å². The number of esters is 3. The molecule has 0 bridgehead atoms. The maximum atomic E-state index is 12.7. The number of rotatable bonds is 44. The summed E-state index contributed by atoms with van der Waals surface area (Å²) in [5.74, 6) is -1.03. The zero-order valence-electron chi connectivity index (χ0n) is 39.7. The predicted octanol–water partition coefficient (Wildman–Crippen LogP) is 16.4. The van der Waals surface area contributed by atoms with Gasteiger partial charge < -0.3 is 14.2 Å². The summed E-state index contributed by atoms with van der Waals surface area (Å²) < 4.78 is 16.7. The van der Waals surface area contributed by atoms with Gasteiger partial charge in [-0.25, -0.2) is 0 Å². The van der Waals surface area contributed by atoms with Crippen LogP contribution < -0.4 is 0 Å². The van der Waals surface area contributed by atoms with Crippen molar-refractivity contribution in [3.8, 4) is 0 Å². The fraction of sp³-hybridized carbons (Fsp3) is 0.691. The van der Waals surface area contributed by atoms with Gasteiger partial charge in [0.2, 0.25) is 0 Å². The van der Waals surface area contributed by atoms with Gasteiger partial charge in [-0.1, -0.05) is 209 Å². The molecule has 1 unspecified atom stereocenters. The molecule has 0 spiro atoms. The molecule has 0 aliphatic heterocycles. The van der Waals surface area contributed by atoms with Crippen LogP contribution in [-0.4, -0.2) is 37.2 Å². The molecule has 0 aliphatic rings. The first-order valence-corrected chi connectivity index (χ1v) is 25.1. The van der Waals surface area contributed by atoms with E-state index in [4.69, 9.17) is 14.2 Å². The monoisotopic (exact) mass is 849 g/mol. The molecular formula is C55H92O6. The average Bonchev–Trinajstić information content (AvgIpc) is 3.26. The highest BCUT2D eigenvalue weighted by atomic mass is 16.6. The van der Waals surface area contributed by atoms with Gasteiger partial charge in [0.1, 0.15) is 13.2 Å². The zero-order valence-corrected chi connectivity index (χ0v) is 39.7. The lowest BCUT2D eigenvalue weighted by Crippen LogP contribution is -2.30. The van der Waals surface area contributed by atoms with E-state index in [9.17, 15) is 14.4 Å². The van der Waals surface area contributed by atoms with Crippen molar-refractivity contribution >= 4 is 17.9 Å². The highest BCUT2D eigenvalue weighted by Gasteiger charge is 2.19. The minimum Gasteiger partial charge on any atom is -0.462 e. The molecule has 0 fully saturated rings. The van der Waals surface area contributed by atoms with E-state index in [0.29, 0.717) is 19.3 Å². The summed E-state index contributed by atoms with van der Waals surface area (Å²) in [4.78, 5) is 37.9. The lowest BCUT2D eigenvalue weighted by Gasteiger charge is -2.18. The largest absolute Gasteiger partial charge is 0.462 e. The molecule has 0 saturated carbocycles. The van der Waals surface area contributed by atoms with Crippen LogP contribution in [-0.2, 0) is 28.6 Å². The molecule has 6 heteroatoms. The molecular weight excluding hydrogens is 757 g/mol. The van der Waals surface area contributed by atoms with Gasteiger partial charge in [0.05, 0.1) is 0 Å². The lowest BCUT2D eigenvalue weighted by molar-refractivity contribution is -0.166. The summed E-state index contributed by atoms with van der Waals surface area (Å²) >= 11 is 0. The Labute approximate surface area is 375 Å². The van der Waals surface area contributed by atoms with E-state index in [1.54, 1.807) is 0 Å². The molecule has 0 N–H and O–H groups in total. The summed E-state index contributed by atoms with van der Waals surface area (Å²) in [5, 5.41) is 0. The fourth-order valence-electron chi connectivity index (χ4n) is 6.68. The molecule has 0 aromatic rings. The second-order valence-electron chi connectivity index (χ2n) is 16.4. The van der Waals surface area contributed by atoms with Gasteiger partial charge in [-0.05, 0) is 83.5 Å². The van der Waals surface area contributed by atoms with Crippen LogP contribution in [0.2, 0.25) is 0 Å². The Bertz CT molecular complexity index is 1200. The second kappa shape index (κ2) is 49.2. The van der Waals surface area contributed by atoms with E-state index < -0.39 is 6.10 Å². The first-order valence-electron chi connectivity index (χ1n) is 25.1. The first-order chi connectivity index (χ1) is 30.0. The van der Waals surface area contributed by atoms with E-state index in [-0.39, 0.29) is 44.0 Å². The fourth-order valence-corrected chi connectivity index (χ4v) is 6.68. The van der Waals surface area contributed by atoms with Crippen LogP contribution in [0, 0.1) is 0 Å². The summed E-state index contributed by atoms with van der Waals surface area (Å²) in [6, 6.07) is 0. The molecule has 1 atom stereocenters. The van der Waals surface area contributed by atoms with Gasteiger partial charge in [-0.2, -0.15) is 0 Å². The van der Waals surface area contributed by atoms with Crippen molar-refractivity contribution in [2.45, 2.75) is 232 Å². The van der Waals surface area contributed by atoms with Crippen LogP contribution in [0.3, 0.4) is 0 Å². The third-order valence-electron chi connectivity index (χ3n) is 10.5. The minimum absolute atomic E-state index is 0.112. The summed E-state index contributed by atoms with van der Waals surface area (Å²) in [7, 11) is 0. The quantitative estimate of drug-likeness (QED) is 0.0200. The molecule has 0 saturated heterocycles. The predicted molar refractivity (Wildman–Crippen MR) is 261 cm³/mol. The smallest absolute Gasteiger partial charge is 0.306 e. The second-order valence-corrected chi connectivity index (χ2v) is 16.4. The van der Waals surface area contributed by atoms with Crippen molar-refractivity contribution in [3.05, 3.63) is 85.1 Å². The third kappa shape index (κ3) is 47.5. The maximum Gasteiger partial charge on any atom is 0.306 e. The lowest BCUT2D eigenvalue weighted by atomic mass is 10.1. The highest BCUT2D eigenvalue weighted by molar-refractivity contribution is 5.71. The Hall–Kier alpha value is -3.41. The molecule has 0 aromatic heterocycles. The molecule has 0 aliphatic carbocycles. The number of hydrogen-bond acceptors (Lipinski definition) is 6. The van der Waals surface area contributed by atoms with Gasteiger partial charge in [0.15, 0.2) is 6.10 Å². The standard InChI is InChI=1S/C55H92O6/c1-4-7-10-13-16-19-22-25-26-27-28-31-33-36-39-42-45-48-54(57)60-51-52(61-55(58)49-46-43-40-37-34-30-24-21-18-15-12-9-6-3)50-59-53(56)47-44-41-38-35-32-29-23-20-17-14-11-8-5-2/h9,12,15,18,21,24-26,29-30,32,34,38,41,52H,4-8,10-11,13-14,16-17,19-20,22-23,27-28,31,33,35-37,39-40,42-51H2,1-3H3/b12-9-,18-15-,24-21-,26-25-,32-29-,34-30-,41-38-. The van der Waals surface area contributed by atoms with Gasteiger partial charge in [-0.15, -0.1) is 0 Å². The van der Waals surface area contributed by atoms with Crippen molar-refractivity contribution in [2.75, 3.05) is 13.2 Å². The van der Waals surface area contributed by atoms with Gasteiger partial charge in [0, 0.05) is 19.3 Å². The Morgan fingerprint density at radius 3 is 1.26 bits per heavy atom. The van der Waals surface area contributed by atoms with E-state index in [1.807, 2.05) is 42.5 Å². The van der Waals surface area contributed by atoms with Crippen LogP contribution in [0.1, 0.15) is 226 Å². The Balaban J connectivity index is 4.49. The van der Waals surface area contributed by atoms with Crippen LogP contribution in [0.15, 0.2) is 85.1 Å². The average molecular weight is 849 g/mol. The van der Waals surface area contributed by atoms with Crippen LogP contribution in [0.5, 0.6) is 0 Å². The number of carbonyl (C=O) groups is 3. The Kier molecular flexibility index (Phi) is 46.5. The van der Waals surface area contributed by atoms with Crippen molar-refractivity contribution in [3.63, 3.8) is 0 Å². The van der Waals surface area contributed by atoms with Crippen molar-refractivity contribution < 1.29 is 28.6 Å². The summed E-state index contributed by atoms with van der Waals surface area (Å²) in [6.45, 7) is 6.38. The van der Waals surface area contributed by atoms with E-state index in [2.05, 4.69) is 63.3 Å². The molecule has 0 rings (SSSR count). The van der Waals surface area contributed by atoms with Crippen LogP contribution >= 0.6 is 0 Å². The number of ether oxygens (including phenoxy) is 3. The number of carbonyl (C=O) groups excluding carboxylic acids is 3. The maximum absolute atomic E-state index is 12.7. The zero-order chi connectivity index (χ0) is 44.4. The molecule has 0 amide bonds. The Morgan fingerprint density at radius 1 is 0.361 bits per heavy atom. The van der Waals surface area contributed by atoms with Crippen molar-refractivity contribution in [1.29, 1.82) is 0 Å². The normalized spacial score (nSPS) is 12.8. The van der Waals surface area contributed by atoms with Gasteiger partial charge in [-0.3, -0.25) is 14.4 Å². The van der Waals surface area contributed by atoms with Crippen LogP contribution in [0.25, 0.3) is 0 Å². The van der Waals surface area contributed by atoms with E-state index in [1.165, 1.54) is 116 Å². The van der Waals surface area contributed by atoms with E-state index in [0.717, 1.165) is 57.8 Å². The van der Waals surface area contributed by atoms with Crippen molar-refractivity contribution in [2.24, 2.45) is 0 Å². The third-order valence-corrected chi connectivity index (χ3v) is 10.5. The SMILES string of the molecule is CC\C=C/C=C\C=C/C=C\CCCCCC(=O)OC(COC(=O)CC/C=C\C/C=C\CCCCCCCC)COC(=O)CCCCCCCCC/C=C\CCCCCCCC. The number of hydrogen-bond donors (Lipinski definition) is 0. The van der Waals surface area contributed by atoms with Gasteiger partial charge in [0.25, 0.3) is 0 Å².